The van der Waals surface area contributed by atoms with E-state index in [1.807, 2.05) is 5.32 Å². The van der Waals surface area contributed by atoms with E-state index in [1.165, 1.54) is 0 Å². The lowest BCUT2D eigenvalue weighted by Gasteiger charge is -2.25. The van der Waals surface area contributed by atoms with Gasteiger partial charge in [-0.15, -0.1) is 0 Å². The van der Waals surface area contributed by atoms with Gasteiger partial charge in [0, 0.05) is 0 Å². The molecule has 0 aromatic rings. The molecule has 14 nitrogen and oxygen atoms in total. The summed E-state index contributed by atoms with van der Waals surface area (Å²) in [7, 11) is 0. The highest BCUT2D eigenvalue weighted by molar-refractivity contribution is 5.96. The summed E-state index contributed by atoms with van der Waals surface area (Å²) in [5.41, 5.74) is 10.3. The molecule has 0 aromatic carbocycles. The number of rotatable bonds is 12. The average Bonchev–Trinajstić information content (AvgIpc) is 2.61. The van der Waals surface area contributed by atoms with E-state index >= 15 is 0 Å². The Labute approximate surface area is 159 Å². The topological polar surface area (TPSA) is 254 Å². The molecule has 0 saturated carbocycles. The van der Waals surface area contributed by atoms with Crippen LogP contribution in [0.25, 0.3) is 0 Å². The van der Waals surface area contributed by atoms with Crippen LogP contribution in [0.5, 0.6) is 0 Å². The van der Waals surface area contributed by atoms with Gasteiger partial charge in [-0.05, 0) is 6.92 Å². The van der Waals surface area contributed by atoms with Crippen molar-refractivity contribution in [1.82, 2.24) is 16.0 Å². The largest absolute Gasteiger partial charge is 0.480 e. The van der Waals surface area contributed by atoms with Gasteiger partial charge in [-0.1, -0.05) is 0 Å². The number of aliphatic hydroxyl groups is 3. The summed E-state index contributed by atoms with van der Waals surface area (Å²) < 4.78 is 0. The van der Waals surface area contributed by atoms with Gasteiger partial charge in [0.25, 0.3) is 0 Å². The number of hydrogen-bond donors (Lipinski definition) is 9. The Hall–Kier alpha value is -2.81. The molecule has 0 aliphatic carbocycles. The number of carbonyl (C=O) groups excluding carboxylic acids is 4. The molecule has 11 N–H and O–H groups in total. The van der Waals surface area contributed by atoms with Gasteiger partial charge in [0.2, 0.25) is 23.6 Å². The van der Waals surface area contributed by atoms with E-state index in [1.54, 1.807) is 0 Å². The summed E-state index contributed by atoms with van der Waals surface area (Å²) in [4.78, 5) is 58.2. The van der Waals surface area contributed by atoms with Crippen molar-refractivity contribution in [3.8, 4) is 0 Å². The van der Waals surface area contributed by atoms with Crippen LogP contribution in [0.3, 0.4) is 0 Å². The van der Waals surface area contributed by atoms with Crippen molar-refractivity contribution < 1.29 is 44.4 Å². The number of primary amides is 1. The summed E-state index contributed by atoms with van der Waals surface area (Å²) in [5, 5.41) is 42.3. The SMILES string of the molecule is CC(O)C(NC(=O)C(CC(N)=O)NC(=O)C(N)CO)C(=O)NC(CO)C(=O)O. The normalized spacial score (nSPS) is 16.0. The van der Waals surface area contributed by atoms with Gasteiger partial charge >= 0.3 is 5.97 Å². The molecule has 0 aromatic heterocycles. The van der Waals surface area contributed by atoms with Crippen molar-refractivity contribution in [2.45, 2.75) is 43.6 Å². The van der Waals surface area contributed by atoms with Crippen molar-refractivity contribution in [2.75, 3.05) is 13.2 Å². The fourth-order valence-electron chi connectivity index (χ4n) is 1.88. The first kappa shape index (κ1) is 25.2. The predicted molar refractivity (Wildman–Crippen MR) is 91.1 cm³/mol. The molecule has 0 aliphatic rings. The summed E-state index contributed by atoms with van der Waals surface area (Å²) in [5.74, 6) is -5.76. The predicted octanol–water partition coefficient (Wildman–Crippen LogP) is -5.91. The zero-order valence-corrected chi connectivity index (χ0v) is 15.0. The highest BCUT2D eigenvalue weighted by Crippen LogP contribution is 2.00. The van der Waals surface area contributed by atoms with Crippen LogP contribution in [0.2, 0.25) is 0 Å². The van der Waals surface area contributed by atoms with Crippen molar-refractivity contribution in [2.24, 2.45) is 11.5 Å². The standard InChI is InChI=1S/C14H25N5O9/c1-5(22)10(13(26)18-8(4-21)14(27)28)19-12(25)7(2-9(16)23)17-11(24)6(15)3-20/h5-8,10,20-22H,2-4,15H2,1H3,(H2,16,23)(H,17,24)(H,18,26)(H,19,25)(H,27,28). The van der Waals surface area contributed by atoms with Crippen molar-refractivity contribution in [1.29, 1.82) is 0 Å². The van der Waals surface area contributed by atoms with E-state index in [-0.39, 0.29) is 0 Å². The van der Waals surface area contributed by atoms with Crippen LogP contribution in [0.4, 0.5) is 0 Å². The van der Waals surface area contributed by atoms with Gasteiger partial charge in [0.05, 0.1) is 25.7 Å². The van der Waals surface area contributed by atoms with Crippen LogP contribution in [0.15, 0.2) is 0 Å². The number of carboxylic acids is 1. The number of amides is 4. The first-order chi connectivity index (χ1) is 12.9. The molecule has 0 fully saturated rings. The highest BCUT2D eigenvalue weighted by Gasteiger charge is 2.33. The van der Waals surface area contributed by atoms with Gasteiger partial charge in [0.1, 0.15) is 24.2 Å². The molecule has 28 heavy (non-hydrogen) atoms. The van der Waals surface area contributed by atoms with E-state index in [0.717, 1.165) is 6.92 Å². The zero-order valence-electron chi connectivity index (χ0n) is 15.0. The molecule has 0 aliphatic heterocycles. The Kier molecular flexibility index (Phi) is 10.6. The molecule has 0 rings (SSSR count). The lowest BCUT2D eigenvalue weighted by atomic mass is 10.1. The van der Waals surface area contributed by atoms with E-state index in [2.05, 4.69) is 10.6 Å². The number of aliphatic hydroxyl groups excluding tert-OH is 3. The first-order valence-corrected chi connectivity index (χ1v) is 8.02. The number of hydrogen-bond acceptors (Lipinski definition) is 9. The van der Waals surface area contributed by atoms with Gasteiger partial charge in [-0.2, -0.15) is 0 Å². The van der Waals surface area contributed by atoms with Crippen LogP contribution in [-0.2, 0) is 24.0 Å². The number of carboxylic acid groups (broad SMARTS) is 1. The highest BCUT2D eigenvalue weighted by atomic mass is 16.4. The summed E-state index contributed by atoms with van der Waals surface area (Å²) in [6.45, 7) is -0.573. The Bertz CT molecular complexity index is 598. The molecule has 4 amide bonds. The smallest absolute Gasteiger partial charge is 0.328 e. The molecular formula is C14H25N5O9. The fourth-order valence-corrected chi connectivity index (χ4v) is 1.88. The summed E-state index contributed by atoms with van der Waals surface area (Å²) in [6, 6.07) is -6.33. The number of carbonyl (C=O) groups is 5. The minimum atomic E-state index is -1.69. The maximum atomic E-state index is 12.3. The minimum absolute atomic E-state index is 0.682. The Balaban J connectivity index is 5.32. The lowest BCUT2D eigenvalue weighted by molar-refractivity contribution is -0.144. The second-order valence-corrected chi connectivity index (χ2v) is 5.83. The molecule has 5 atom stereocenters. The third-order valence-corrected chi connectivity index (χ3v) is 3.43. The molecule has 0 spiro atoms. The van der Waals surface area contributed by atoms with Crippen LogP contribution in [0, 0.1) is 0 Å². The van der Waals surface area contributed by atoms with Gasteiger partial charge in [-0.25, -0.2) is 4.79 Å². The van der Waals surface area contributed by atoms with Crippen LogP contribution in [0.1, 0.15) is 13.3 Å². The molecule has 14 heteroatoms. The molecule has 160 valence electrons. The van der Waals surface area contributed by atoms with Crippen LogP contribution >= 0.6 is 0 Å². The Morgan fingerprint density at radius 2 is 1.43 bits per heavy atom. The Morgan fingerprint density at radius 1 is 0.893 bits per heavy atom. The first-order valence-electron chi connectivity index (χ1n) is 8.02. The third kappa shape index (κ3) is 8.26. The monoisotopic (exact) mass is 407 g/mol. The lowest BCUT2D eigenvalue weighted by Crippen LogP contribution is -2.60. The molecular weight excluding hydrogens is 382 g/mol. The van der Waals surface area contributed by atoms with Gasteiger partial charge < -0.3 is 47.8 Å². The second-order valence-electron chi connectivity index (χ2n) is 5.83. The van der Waals surface area contributed by atoms with Crippen LogP contribution < -0.4 is 27.4 Å². The van der Waals surface area contributed by atoms with E-state index < -0.39 is 79.5 Å². The van der Waals surface area contributed by atoms with Gasteiger partial charge in [0.15, 0.2) is 0 Å². The fraction of sp³-hybridized carbons (Fsp3) is 0.643. The van der Waals surface area contributed by atoms with E-state index in [4.69, 9.17) is 26.8 Å². The molecule has 5 unspecified atom stereocenters. The maximum Gasteiger partial charge on any atom is 0.328 e. The van der Waals surface area contributed by atoms with E-state index in [0.29, 0.717) is 0 Å². The average molecular weight is 407 g/mol. The molecule has 0 saturated heterocycles. The number of aliphatic carboxylic acids is 1. The zero-order chi connectivity index (χ0) is 22.0. The van der Waals surface area contributed by atoms with E-state index in [9.17, 15) is 29.1 Å². The summed E-state index contributed by atoms with van der Waals surface area (Å²) in [6.07, 6.45) is -2.19. The molecule has 0 heterocycles. The maximum absolute atomic E-state index is 12.3. The number of nitrogens with two attached hydrogens (primary N) is 2. The second kappa shape index (κ2) is 11.8. The van der Waals surface area contributed by atoms with Crippen molar-refractivity contribution in [3.05, 3.63) is 0 Å². The van der Waals surface area contributed by atoms with Crippen LogP contribution in [-0.4, -0.2) is 93.5 Å². The van der Waals surface area contributed by atoms with Crippen molar-refractivity contribution >= 4 is 29.6 Å². The van der Waals surface area contributed by atoms with Gasteiger partial charge in [-0.3, -0.25) is 19.2 Å². The molecule has 0 bridgehead atoms. The third-order valence-electron chi connectivity index (χ3n) is 3.43. The minimum Gasteiger partial charge on any atom is -0.480 e. The quantitative estimate of drug-likeness (QED) is 0.148. The van der Waals surface area contributed by atoms with Crippen molar-refractivity contribution in [3.63, 3.8) is 0 Å². The molecule has 0 radical (unpaired) electrons. The Morgan fingerprint density at radius 3 is 1.82 bits per heavy atom. The summed E-state index contributed by atoms with van der Waals surface area (Å²) >= 11 is 0. The number of nitrogens with one attached hydrogen (secondary N) is 3.